The summed E-state index contributed by atoms with van der Waals surface area (Å²) in [5, 5.41) is 17.9. The molecule has 9 heteroatoms. The molecule has 0 saturated heterocycles. The second kappa shape index (κ2) is 10.8. The van der Waals surface area contributed by atoms with Gasteiger partial charge in [-0.05, 0) is 56.2 Å². The third-order valence-corrected chi connectivity index (χ3v) is 6.63. The summed E-state index contributed by atoms with van der Waals surface area (Å²) in [4.78, 5) is 28.7. The van der Waals surface area contributed by atoms with Crippen LogP contribution in [0.2, 0.25) is 0 Å². The molecule has 0 aliphatic heterocycles. The highest BCUT2D eigenvalue weighted by Gasteiger charge is 2.28. The maximum absolute atomic E-state index is 12.5. The summed E-state index contributed by atoms with van der Waals surface area (Å²) in [6.45, 7) is 4.47. The topological polar surface area (TPSA) is 112 Å². The summed E-state index contributed by atoms with van der Waals surface area (Å²) in [6, 6.07) is 7.23. The van der Waals surface area contributed by atoms with Crippen molar-refractivity contribution in [2.45, 2.75) is 71.4 Å². The first-order chi connectivity index (χ1) is 16.9. The molecule has 1 aliphatic carbocycles. The molecular weight excluding hydrogens is 446 g/mol. The number of carbonyl (C=O) groups is 1. The van der Waals surface area contributed by atoms with Crippen LogP contribution < -0.4 is 10.3 Å². The normalized spacial score (nSPS) is 17.9. The monoisotopic (exact) mass is 479 g/mol. The van der Waals surface area contributed by atoms with Crippen molar-refractivity contribution >= 4 is 5.97 Å². The zero-order valence-electron chi connectivity index (χ0n) is 20.6. The van der Waals surface area contributed by atoms with Gasteiger partial charge in [-0.15, -0.1) is 5.10 Å². The standard InChI is InChI=1S/C26H33N5O4/c1-4-7-17-10-13-24(32)31(15-17)16-22-25(28-29-30(22)3)21-11-12-23(20(5-2)27-21)35-19-9-6-8-18(14-19)26(33)34/h10-13,15,18-19H,4-9,14,16H2,1-3H3,(H,33,34)/t18-,19-/m0/s1. The van der Waals surface area contributed by atoms with Crippen molar-refractivity contribution in [3.63, 3.8) is 0 Å². The quantitative estimate of drug-likeness (QED) is 0.499. The fraction of sp³-hybridized carbons (Fsp3) is 0.500. The van der Waals surface area contributed by atoms with E-state index < -0.39 is 5.97 Å². The Morgan fingerprint density at radius 3 is 2.77 bits per heavy atom. The van der Waals surface area contributed by atoms with Crippen LogP contribution in [0.3, 0.4) is 0 Å². The van der Waals surface area contributed by atoms with Gasteiger partial charge in [0.2, 0.25) is 0 Å². The predicted molar refractivity (Wildman–Crippen MR) is 131 cm³/mol. The first-order valence-electron chi connectivity index (χ1n) is 12.4. The van der Waals surface area contributed by atoms with Gasteiger partial charge in [-0.25, -0.2) is 9.67 Å². The molecule has 1 saturated carbocycles. The van der Waals surface area contributed by atoms with Crippen LogP contribution in [0.4, 0.5) is 0 Å². The average Bonchev–Trinajstić information content (AvgIpc) is 3.21. The van der Waals surface area contributed by atoms with Crippen LogP contribution >= 0.6 is 0 Å². The Balaban J connectivity index is 1.59. The van der Waals surface area contributed by atoms with Crippen LogP contribution in [-0.2, 0) is 31.2 Å². The second-order valence-corrected chi connectivity index (χ2v) is 9.20. The lowest BCUT2D eigenvalue weighted by atomic mass is 9.87. The van der Waals surface area contributed by atoms with Crippen molar-refractivity contribution in [2.75, 3.05) is 0 Å². The maximum atomic E-state index is 12.5. The number of rotatable bonds is 9. The number of aliphatic carboxylic acids is 1. The molecule has 1 fully saturated rings. The van der Waals surface area contributed by atoms with Crippen molar-refractivity contribution in [3.8, 4) is 17.1 Å². The molecule has 0 bridgehead atoms. The predicted octanol–water partition coefficient (Wildman–Crippen LogP) is 3.62. The van der Waals surface area contributed by atoms with E-state index in [0.29, 0.717) is 42.9 Å². The number of ether oxygens (including phenoxy) is 1. The Labute approximate surface area is 204 Å². The van der Waals surface area contributed by atoms with Crippen molar-refractivity contribution < 1.29 is 14.6 Å². The largest absolute Gasteiger partial charge is 0.488 e. The van der Waals surface area contributed by atoms with Crippen LogP contribution in [0.25, 0.3) is 11.4 Å². The van der Waals surface area contributed by atoms with Gasteiger partial charge in [-0.3, -0.25) is 9.59 Å². The molecule has 0 unspecified atom stereocenters. The van der Waals surface area contributed by atoms with Crippen LogP contribution in [-0.4, -0.2) is 41.7 Å². The number of nitrogens with zero attached hydrogens (tertiary/aromatic N) is 5. The van der Waals surface area contributed by atoms with Gasteiger partial charge in [0.25, 0.3) is 5.56 Å². The van der Waals surface area contributed by atoms with E-state index in [1.54, 1.807) is 15.3 Å². The highest BCUT2D eigenvalue weighted by molar-refractivity contribution is 5.70. The molecule has 1 aliphatic rings. The lowest BCUT2D eigenvalue weighted by molar-refractivity contribution is -0.143. The van der Waals surface area contributed by atoms with E-state index >= 15 is 0 Å². The van der Waals surface area contributed by atoms with E-state index in [1.165, 1.54) is 0 Å². The number of pyridine rings is 2. The van der Waals surface area contributed by atoms with Crippen molar-refractivity contribution in [2.24, 2.45) is 13.0 Å². The number of hydrogen-bond acceptors (Lipinski definition) is 6. The van der Waals surface area contributed by atoms with Crippen LogP contribution in [0, 0.1) is 5.92 Å². The molecule has 9 nitrogen and oxygen atoms in total. The van der Waals surface area contributed by atoms with Gasteiger partial charge in [-0.1, -0.05) is 31.5 Å². The first-order valence-corrected chi connectivity index (χ1v) is 12.4. The van der Waals surface area contributed by atoms with Crippen LogP contribution in [0.5, 0.6) is 5.75 Å². The molecule has 0 aromatic carbocycles. The summed E-state index contributed by atoms with van der Waals surface area (Å²) >= 11 is 0. The van der Waals surface area contributed by atoms with Gasteiger partial charge in [0.1, 0.15) is 11.4 Å². The Morgan fingerprint density at radius 1 is 1.20 bits per heavy atom. The Hall–Kier alpha value is -3.49. The molecule has 0 radical (unpaired) electrons. The zero-order chi connectivity index (χ0) is 24.9. The second-order valence-electron chi connectivity index (χ2n) is 9.20. The third-order valence-electron chi connectivity index (χ3n) is 6.63. The molecule has 3 aromatic heterocycles. The molecule has 0 spiro atoms. The third kappa shape index (κ3) is 5.61. The van der Waals surface area contributed by atoms with Gasteiger partial charge in [0, 0.05) is 19.3 Å². The number of aryl methyl sites for hydroxylation is 3. The summed E-state index contributed by atoms with van der Waals surface area (Å²) in [7, 11) is 1.81. The zero-order valence-corrected chi connectivity index (χ0v) is 20.6. The summed E-state index contributed by atoms with van der Waals surface area (Å²) in [6.07, 6.45) is 7.25. The van der Waals surface area contributed by atoms with Gasteiger partial charge in [0.05, 0.1) is 35.6 Å². The van der Waals surface area contributed by atoms with E-state index in [2.05, 4.69) is 17.2 Å². The lowest BCUT2D eigenvalue weighted by Gasteiger charge is -2.28. The number of carboxylic acids is 1. The number of carboxylic acid groups (broad SMARTS) is 1. The van der Waals surface area contributed by atoms with E-state index in [0.717, 1.165) is 42.6 Å². The van der Waals surface area contributed by atoms with E-state index in [4.69, 9.17) is 9.72 Å². The van der Waals surface area contributed by atoms with Crippen molar-refractivity contribution in [1.82, 2.24) is 24.5 Å². The van der Waals surface area contributed by atoms with Gasteiger partial charge < -0.3 is 14.4 Å². The van der Waals surface area contributed by atoms with E-state index in [-0.39, 0.29) is 17.6 Å². The number of aromatic nitrogens is 5. The number of hydrogen-bond donors (Lipinski definition) is 1. The Morgan fingerprint density at radius 2 is 2.03 bits per heavy atom. The highest BCUT2D eigenvalue weighted by atomic mass is 16.5. The minimum Gasteiger partial charge on any atom is -0.488 e. The lowest BCUT2D eigenvalue weighted by Crippen LogP contribution is -2.29. The van der Waals surface area contributed by atoms with Crippen molar-refractivity contribution in [3.05, 3.63) is 57.8 Å². The Kier molecular flexibility index (Phi) is 7.63. The molecule has 3 heterocycles. The first kappa shape index (κ1) is 24.6. The molecule has 2 atom stereocenters. The van der Waals surface area contributed by atoms with Crippen LogP contribution in [0.15, 0.2) is 35.3 Å². The SMILES string of the molecule is CCCc1ccc(=O)n(Cc2c(-c3ccc(O[C@H]4CCC[C@H](C(=O)O)C4)c(CC)n3)nnn2C)c1. The minimum atomic E-state index is -0.753. The maximum Gasteiger partial charge on any atom is 0.306 e. The summed E-state index contributed by atoms with van der Waals surface area (Å²) in [5.41, 5.74) is 3.92. The Bertz CT molecular complexity index is 1250. The molecule has 3 aromatic rings. The van der Waals surface area contributed by atoms with E-state index in [1.807, 2.05) is 38.4 Å². The average molecular weight is 480 g/mol. The summed E-state index contributed by atoms with van der Waals surface area (Å²) in [5.74, 6) is -0.425. The van der Waals surface area contributed by atoms with Gasteiger partial charge in [0.15, 0.2) is 0 Å². The molecule has 1 N–H and O–H groups in total. The molecule has 4 rings (SSSR count). The van der Waals surface area contributed by atoms with Gasteiger partial charge >= 0.3 is 5.97 Å². The van der Waals surface area contributed by atoms with Gasteiger partial charge in [-0.2, -0.15) is 0 Å². The fourth-order valence-electron chi connectivity index (χ4n) is 4.69. The molecule has 186 valence electrons. The smallest absolute Gasteiger partial charge is 0.306 e. The summed E-state index contributed by atoms with van der Waals surface area (Å²) < 4.78 is 9.59. The minimum absolute atomic E-state index is 0.0740. The molecule has 0 amide bonds. The van der Waals surface area contributed by atoms with Crippen molar-refractivity contribution in [1.29, 1.82) is 0 Å². The molecular formula is C26H33N5O4. The van der Waals surface area contributed by atoms with Crippen LogP contribution in [0.1, 0.15) is 62.9 Å². The molecule has 35 heavy (non-hydrogen) atoms. The highest BCUT2D eigenvalue weighted by Crippen LogP contribution is 2.31. The fourth-order valence-corrected chi connectivity index (χ4v) is 4.69. The van der Waals surface area contributed by atoms with E-state index in [9.17, 15) is 14.7 Å².